The number of anilines is 4. The van der Waals surface area contributed by atoms with E-state index in [2.05, 4.69) is 46.7 Å². The number of carbonyl (C=O) groups excluding carboxylic acids is 1. The number of amides is 1. The minimum Gasteiger partial charge on any atom is -0.349 e. The summed E-state index contributed by atoms with van der Waals surface area (Å²) in [6.45, 7) is 9.78. The second-order valence-electron chi connectivity index (χ2n) is 6.47. The van der Waals surface area contributed by atoms with Crippen LogP contribution in [0.3, 0.4) is 0 Å². The average molecular weight is 327 g/mol. The molecule has 6 nitrogen and oxygen atoms in total. The molecule has 0 atom stereocenters. The van der Waals surface area contributed by atoms with E-state index < -0.39 is 0 Å². The van der Waals surface area contributed by atoms with Crippen molar-refractivity contribution < 1.29 is 4.79 Å². The highest BCUT2D eigenvalue weighted by Crippen LogP contribution is 2.23. The number of rotatable bonds is 6. The van der Waals surface area contributed by atoms with E-state index in [0.29, 0.717) is 5.95 Å². The molecule has 0 unspecified atom stereocenters. The molecule has 1 aromatic carbocycles. The van der Waals surface area contributed by atoms with Crippen LogP contribution >= 0.6 is 0 Å². The molecule has 0 saturated carbocycles. The SMILES string of the molecule is CCC(C)(C)Nc1ncc(C)c(Nc2cccc(NC(C)=O)c2)n1. The summed E-state index contributed by atoms with van der Waals surface area (Å²) in [5.74, 6) is 1.23. The molecule has 0 aliphatic carbocycles. The van der Waals surface area contributed by atoms with Gasteiger partial charge in [-0.05, 0) is 45.4 Å². The summed E-state index contributed by atoms with van der Waals surface area (Å²) >= 11 is 0. The highest BCUT2D eigenvalue weighted by molar-refractivity contribution is 5.89. The van der Waals surface area contributed by atoms with Crippen LogP contribution in [-0.2, 0) is 4.79 Å². The maximum atomic E-state index is 11.2. The molecular weight excluding hydrogens is 302 g/mol. The van der Waals surface area contributed by atoms with Crippen molar-refractivity contribution in [2.45, 2.75) is 46.6 Å². The molecule has 3 N–H and O–H groups in total. The smallest absolute Gasteiger partial charge is 0.225 e. The number of hydrogen-bond acceptors (Lipinski definition) is 5. The Hall–Kier alpha value is -2.63. The first-order valence-electron chi connectivity index (χ1n) is 8.05. The van der Waals surface area contributed by atoms with E-state index in [-0.39, 0.29) is 11.4 Å². The van der Waals surface area contributed by atoms with Crippen molar-refractivity contribution in [3.63, 3.8) is 0 Å². The third kappa shape index (κ3) is 4.94. The summed E-state index contributed by atoms with van der Waals surface area (Å²) in [5.41, 5.74) is 2.46. The van der Waals surface area contributed by atoms with Gasteiger partial charge in [-0.3, -0.25) is 4.79 Å². The number of nitrogens with zero attached hydrogens (tertiary/aromatic N) is 2. The standard InChI is InChI=1S/C18H25N5O/c1-6-18(4,5)23-17-19-11-12(2)16(22-17)21-15-9-7-8-14(10-15)20-13(3)24/h7-11H,6H2,1-5H3,(H,20,24)(H2,19,21,22,23). The molecule has 24 heavy (non-hydrogen) atoms. The summed E-state index contributed by atoms with van der Waals surface area (Å²) in [6.07, 6.45) is 2.76. The van der Waals surface area contributed by atoms with Gasteiger partial charge in [0.25, 0.3) is 0 Å². The van der Waals surface area contributed by atoms with E-state index in [0.717, 1.165) is 29.2 Å². The van der Waals surface area contributed by atoms with Crippen LogP contribution in [0.25, 0.3) is 0 Å². The number of hydrogen-bond donors (Lipinski definition) is 3. The van der Waals surface area contributed by atoms with Crippen LogP contribution in [0.1, 0.15) is 39.7 Å². The second kappa shape index (κ2) is 7.29. The van der Waals surface area contributed by atoms with Gasteiger partial charge in [-0.25, -0.2) is 4.98 Å². The van der Waals surface area contributed by atoms with Crippen molar-refractivity contribution in [3.8, 4) is 0 Å². The number of aromatic nitrogens is 2. The highest BCUT2D eigenvalue weighted by atomic mass is 16.1. The second-order valence-corrected chi connectivity index (χ2v) is 6.47. The molecule has 2 rings (SSSR count). The molecule has 0 aliphatic rings. The van der Waals surface area contributed by atoms with Crippen molar-refractivity contribution in [2.75, 3.05) is 16.0 Å². The number of aryl methyl sites for hydroxylation is 1. The summed E-state index contributed by atoms with van der Waals surface area (Å²) in [6, 6.07) is 7.52. The van der Waals surface area contributed by atoms with E-state index in [1.807, 2.05) is 31.2 Å². The van der Waals surface area contributed by atoms with E-state index in [9.17, 15) is 4.79 Å². The molecule has 0 spiro atoms. The Balaban J connectivity index is 2.21. The zero-order chi connectivity index (χ0) is 17.7. The fourth-order valence-electron chi connectivity index (χ4n) is 2.03. The van der Waals surface area contributed by atoms with E-state index >= 15 is 0 Å². The molecule has 0 bridgehead atoms. The van der Waals surface area contributed by atoms with Crippen LogP contribution in [0, 0.1) is 6.92 Å². The fourth-order valence-corrected chi connectivity index (χ4v) is 2.03. The first kappa shape index (κ1) is 17.7. The third-order valence-electron chi connectivity index (χ3n) is 3.75. The molecule has 1 amide bonds. The van der Waals surface area contributed by atoms with Crippen molar-refractivity contribution in [2.24, 2.45) is 0 Å². The van der Waals surface area contributed by atoms with Gasteiger partial charge in [0.1, 0.15) is 5.82 Å². The summed E-state index contributed by atoms with van der Waals surface area (Å²) < 4.78 is 0. The Morgan fingerprint density at radius 2 is 1.96 bits per heavy atom. The minimum absolute atomic E-state index is 0.0716. The van der Waals surface area contributed by atoms with Crippen molar-refractivity contribution in [3.05, 3.63) is 36.0 Å². The van der Waals surface area contributed by atoms with Crippen LogP contribution in [0.4, 0.5) is 23.1 Å². The first-order chi connectivity index (χ1) is 11.3. The monoisotopic (exact) mass is 327 g/mol. The first-order valence-corrected chi connectivity index (χ1v) is 8.05. The molecular formula is C18H25N5O. The number of nitrogens with one attached hydrogen (secondary N) is 3. The van der Waals surface area contributed by atoms with Crippen molar-refractivity contribution >= 4 is 29.0 Å². The summed E-state index contributed by atoms with van der Waals surface area (Å²) in [5, 5.41) is 9.40. The Kier molecular flexibility index (Phi) is 5.39. The Bertz CT molecular complexity index is 727. The quantitative estimate of drug-likeness (QED) is 0.745. The minimum atomic E-state index is -0.0985. The lowest BCUT2D eigenvalue weighted by Crippen LogP contribution is -2.30. The van der Waals surface area contributed by atoms with Gasteiger partial charge in [0, 0.05) is 35.6 Å². The van der Waals surface area contributed by atoms with Gasteiger partial charge in [0.05, 0.1) is 0 Å². The Labute approximate surface area is 143 Å². The molecule has 0 radical (unpaired) electrons. The average Bonchev–Trinajstić information content (AvgIpc) is 2.50. The fraction of sp³-hybridized carbons (Fsp3) is 0.389. The molecule has 0 fully saturated rings. The molecule has 128 valence electrons. The zero-order valence-electron chi connectivity index (χ0n) is 14.9. The van der Waals surface area contributed by atoms with Crippen molar-refractivity contribution in [1.29, 1.82) is 0 Å². The maximum absolute atomic E-state index is 11.2. The maximum Gasteiger partial charge on any atom is 0.225 e. The van der Waals surface area contributed by atoms with Crippen LogP contribution in [0.5, 0.6) is 0 Å². The van der Waals surface area contributed by atoms with E-state index in [1.54, 1.807) is 6.20 Å². The lowest BCUT2D eigenvalue weighted by Gasteiger charge is -2.24. The van der Waals surface area contributed by atoms with Gasteiger partial charge in [0.2, 0.25) is 11.9 Å². The van der Waals surface area contributed by atoms with Crippen LogP contribution in [-0.4, -0.2) is 21.4 Å². The van der Waals surface area contributed by atoms with Crippen LogP contribution in [0.15, 0.2) is 30.5 Å². The van der Waals surface area contributed by atoms with Gasteiger partial charge in [-0.1, -0.05) is 13.0 Å². The van der Waals surface area contributed by atoms with Crippen LogP contribution < -0.4 is 16.0 Å². The molecule has 0 aliphatic heterocycles. The van der Waals surface area contributed by atoms with E-state index in [4.69, 9.17) is 0 Å². The summed E-state index contributed by atoms with van der Waals surface area (Å²) in [4.78, 5) is 20.1. The third-order valence-corrected chi connectivity index (χ3v) is 3.75. The normalized spacial score (nSPS) is 11.0. The van der Waals surface area contributed by atoms with E-state index in [1.165, 1.54) is 6.92 Å². The molecule has 0 saturated heterocycles. The highest BCUT2D eigenvalue weighted by Gasteiger charge is 2.16. The molecule has 1 heterocycles. The molecule has 2 aromatic rings. The topological polar surface area (TPSA) is 78.9 Å². The Morgan fingerprint density at radius 3 is 2.62 bits per heavy atom. The number of benzene rings is 1. The van der Waals surface area contributed by atoms with Gasteiger partial charge in [-0.15, -0.1) is 0 Å². The summed E-state index contributed by atoms with van der Waals surface area (Å²) in [7, 11) is 0. The Morgan fingerprint density at radius 1 is 1.25 bits per heavy atom. The zero-order valence-corrected chi connectivity index (χ0v) is 14.9. The lowest BCUT2D eigenvalue weighted by molar-refractivity contribution is -0.114. The molecule has 1 aromatic heterocycles. The van der Waals surface area contributed by atoms with Crippen molar-refractivity contribution in [1.82, 2.24) is 9.97 Å². The number of carbonyl (C=O) groups is 1. The largest absolute Gasteiger partial charge is 0.349 e. The van der Waals surface area contributed by atoms with Gasteiger partial charge < -0.3 is 16.0 Å². The van der Waals surface area contributed by atoms with Gasteiger partial charge in [0.15, 0.2) is 0 Å². The predicted molar refractivity (Wildman–Crippen MR) is 98.8 cm³/mol. The molecule has 6 heteroatoms. The predicted octanol–water partition coefficient (Wildman–Crippen LogP) is 4.09. The van der Waals surface area contributed by atoms with Gasteiger partial charge >= 0.3 is 0 Å². The lowest BCUT2D eigenvalue weighted by atomic mass is 10.0. The van der Waals surface area contributed by atoms with Crippen LogP contribution in [0.2, 0.25) is 0 Å². The van der Waals surface area contributed by atoms with Gasteiger partial charge in [-0.2, -0.15) is 4.98 Å².